The molecule has 0 aliphatic rings. The Morgan fingerprint density at radius 3 is 2.09 bits per heavy atom. The molecule has 1 N–H and O–H groups in total. The van der Waals surface area contributed by atoms with Crippen LogP contribution in [-0.4, -0.2) is 42.6 Å². The average Bonchev–Trinajstić information content (AvgIpc) is 2.59. The second-order valence-electron chi connectivity index (χ2n) is 5.38. The third-order valence-electron chi connectivity index (χ3n) is 3.48. The van der Waals surface area contributed by atoms with Crippen molar-refractivity contribution in [3.05, 3.63) is 60.2 Å². The number of nitrogens with one attached hydrogen (secondary N) is 1. The lowest BCUT2D eigenvalue weighted by Crippen LogP contribution is -2.47. The van der Waals surface area contributed by atoms with Crippen LogP contribution in [0, 0.1) is 0 Å². The average molecular weight is 328 g/mol. The Balaban J connectivity index is 2.10. The van der Waals surface area contributed by atoms with E-state index in [1.54, 1.807) is 26.2 Å². The maximum atomic E-state index is 12.3. The smallest absolute Gasteiger partial charge is 0.251 e. The number of carbonyl (C=O) groups is 2. The van der Waals surface area contributed by atoms with Gasteiger partial charge in [0.1, 0.15) is 6.04 Å². The molecule has 0 aromatic heterocycles. The molecule has 2 aromatic carbocycles. The lowest BCUT2D eigenvalue weighted by molar-refractivity contribution is -0.130. The zero-order valence-electron chi connectivity index (χ0n) is 13.2. The minimum atomic E-state index is -0.630. The molecule has 0 heterocycles. The van der Waals surface area contributed by atoms with Crippen molar-refractivity contribution in [3.63, 3.8) is 0 Å². The first-order chi connectivity index (χ1) is 11.0. The first-order valence-corrected chi connectivity index (χ1v) is 7.94. The van der Waals surface area contributed by atoms with E-state index in [0.717, 1.165) is 11.1 Å². The molecular weight excluding hydrogens is 308 g/mol. The monoisotopic (exact) mass is 328 g/mol. The van der Waals surface area contributed by atoms with Gasteiger partial charge in [-0.2, -0.15) is 12.6 Å². The van der Waals surface area contributed by atoms with Crippen molar-refractivity contribution in [2.24, 2.45) is 0 Å². The number of hydrogen-bond acceptors (Lipinski definition) is 3. The largest absolute Gasteiger partial charge is 0.347 e. The van der Waals surface area contributed by atoms with E-state index in [2.05, 4.69) is 17.9 Å². The summed E-state index contributed by atoms with van der Waals surface area (Å²) in [6.45, 7) is 0. The van der Waals surface area contributed by atoms with Gasteiger partial charge in [0.25, 0.3) is 5.91 Å². The van der Waals surface area contributed by atoms with Crippen LogP contribution >= 0.6 is 12.6 Å². The Kier molecular flexibility index (Phi) is 5.82. The van der Waals surface area contributed by atoms with Gasteiger partial charge in [0.15, 0.2) is 0 Å². The number of hydrogen-bond donors (Lipinski definition) is 2. The first-order valence-electron chi connectivity index (χ1n) is 7.31. The zero-order valence-corrected chi connectivity index (χ0v) is 14.1. The van der Waals surface area contributed by atoms with E-state index in [1.807, 2.05) is 42.5 Å². The molecule has 4 nitrogen and oxygen atoms in total. The molecule has 0 bridgehead atoms. The molecule has 120 valence electrons. The van der Waals surface area contributed by atoms with Gasteiger partial charge in [0.05, 0.1) is 0 Å². The highest BCUT2D eigenvalue weighted by atomic mass is 32.1. The summed E-state index contributed by atoms with van der Waals surface area (Å²) < 4.78 is 0. The van der Waals surface area contributed by atoms with Crippen molar-refractivity contribution in [1.29, 1.82) is 0 Å². The van der Waals surface area contributed by atoms with Crippen LogP contribution in [0.4, 0.5) is 0 Å². The fraction of sp³-hybridized carbons (Fsp3) is 0.222. The highest BCUT2D eigenvalue weighted by molar-refractivity contribution is 7.80. The Bertz CT molecular complexity index is 669. The van der Waals surface area contributed by atoms with Crippen LogP contribution in [0.5, 0.6) is 0 Å². The van der Waals surface area contributed by atoms with E-state index in [9.17, 15) is 9.59 Å². The first kappa shape index (κ1) is 17.1. The zero-order chi connectivity index (χ0) is 16.8. The summed E-state index contributed by atoms with van der Waals surface area (Å²) in [4.78, 5) is 25.7. The van der Waals surface area contributed by atoms with E-state index in [4.69, 9.17) is 0 Å². The molecule has 0 spiro atoms. The van der Waals surface area contributed by atoms with Crippen LogP contribution in [0.25, 0.3) is 11.1 Å². The Morgan fingerprint density at radius 1 is 1.00 bits per heavy atom. The SMILES string of the molecule is CN(C)C(=O)C(CS)NC(=O)c1ccc(-c2ccccc2)cc1. The molecule has 5 heteroatoms. The van der Waals surface area contributed by atoms with E-state index in [0.29, 0.717) is 5.56 Å². The van der Waals surface area contributed by atoms with Crippen molar-refractivity contribution in [3.8, 4) is 11.1 Å². The number of thiol groups is 1. The van der Waals surface area contributed by atoms with Crippen LogP contribution in [-0.2, 0) is 4.79 Å². The maximum absolute atomic E-state index is 12.3. The fourth-order valence-electron chi connectivity index (χ4n) is 2.18. The summed E-state index contributed by atoms with van der Waals surface area (Å²) in [7, 11) is 3.30. The lowest BCUT2D eigenvalue weighted by Gasteiger charge is -2.20. The van der Waals surface area contributed by atoms with Crippen molar-refractivity contribution < 1.29 is 9.59 Å². The van der Waals surface area contributed by atoms with E-state index in [1.165, 1.54) is 4.90 Å². The predicted molar refractivity (Wildman–Crippen MR) is 95.7 cm³/mol. The number of amides is 2. The predicted octanol–water partition coefficient (Wildman–Crippen LogP) is 2.47. The van der Waals surface area contributed by atoms with Crippen LogP contribution in [0.2, 0.25) is 0 Å². The second-order valence-corrected chi connectivity index (χ2v) is 5.75. The van der Waals surface area contributed by atoms with Gasteiger partial charge in [0.2, 0.25) is 5.91 Å². The second kappa shape index (κ2) is 7.83. The molecular formula is C18H20N2O2S. The van der Waals surface area contributed by atoms with Gasteiger partial charge >= 0.3 is 0 Å². The molecule has 2 amide bonds. The van der Waals surface area contributed by atoms with Crippen LogP contribution in [0.15, 0.2) is 54.6 Å². The van der Waals surface area contributed by atoms with Gasteiger partial charge in [-0.3, -0.25) is 9.59 Å². The molecule has 0 fully saturated rings. The number of rotatable bonds is 5. The summed E-state index contributed by atoms with van der Waals surface area (Å²) in [6.07, 6.45) is 0. The standard InChI is InChI=1S/C18H20N2O2S/c1-20(2)18(22)16(12-23)19-17(21)15-10-8-14(9-11-15)13-6-4-3-5-7-13/h3-11,16,23H,12H2,1-2H3,(H,19,21). The topological polar surface area (TPSA) is 49.4 Å². The van der Waals surface area contributed by atoms with Gasteiger partial charge in [-0.1, -0.05) is 42.5 Å². The van der Waals surface area contributed by atoms with Gasteiger partial charge in [-0.15, -0.1) is 0 Å². The Labute approximate surface area is 141 Å². The van der Waals surface area contributed by atoms with Crippen molar-refractivity contribution >= 4 is 24.4 Å². The van der Waals surface area contributed by atoms with Crippen molar-refractivity contribution in [1.82, 2.24) is 10.2 Å². The maximum Gasteiger partial charge on any atom is 0.251 e. The molecule has 0 aliphatic carbocycles. The number of carbonyl (C=O) groups excluding carboxylic acids is 2. The summed E-state index contributed by atoms with van der Waals surface area (Å²) in [5, 5.41) is 2.72. The van der Waals surface area contributed by atoms with E-state index >= 15 is 0 Å². The lowest BCUT2D eigenvalue weighted by atomic mass is 10.0. The van der Waals surface area contributed by atoms with Gasteiger partial charge < -0.3 is 10.2 Å². The third kappa shape index (κ3) is 4.36. The normalized spacial score (nSPS) is 11.6. The summed E-state index contributed by atoms with van der Waals surface area (Å²) in [6, 6.07) is 16.6. The molecule has 0 saturated heterocycles. The molecule has 0 aliphatic heterocycles. The van der Waals surface area contributed by atoms with Crippen molar-refractivity contribution in [2.45, 2.75) is 6.04 Å². The Hall–Kier alpha value is -2.27. The molecule has 0 radical (unpaired) electrons. The van der Waals surface area contributed by atoms with E-state index in [-0.39, 0.29) is 17.6 Å². The summed E-state index contributed by atoms with van der Waals surface area (Å²) >= 11 is 4.14. The number of nitrogens with zero attached hydrogens (tertiary/aromatic N) is 1. The van der Waals surface area contributed by atoms with Gasteiger partial charge in [0, 0.05) is 25.4 Å². The van der Waals surface area contributed by atoms with Crippen LogP contribution in [0.3, 0.4) is 0 Å². The van der Waals surface area contributed by atoms with Crippen LogP contribution in [0.1, 0.15) is 10.4 Å². The fourth-order valence-corrected chi connectivity index (χ4v) is 2.43. The van der Waals surface area contributed by atoms with Gasteiger partial charge in [-0.25, -0.2) is 0 Å². The minimum Gasteiger partial charge on any atom is -0.347 e. The van der Waals surface area contributed by atoms with Crippen LogP contribution < -0.4 is 5.32 Å². The Morgan fingerprint density at radius 2 is 1.57 bits per heavy atom. The minimum absolute atomic E-state index is 0.172. The summed E-state index contributed by atoms with van der Waals surface area (Å²) in [5.74, 6) is -0.196. The molecule has 0 saturated carbocycles. The molecule has 1 atom stereocenters. The number of benzene rings is 2. The quantitative estimate of drug-likeness (QED) is 0.829. The highest BCUT2D eigenvalue weighted by Crippen LogP contribution is 2.19. The van der Waals surface area contributed by atoms with Crippen molar-refractivity contribution in [2.75, 3.05) is 19.8 Å². The highest BCUT2D eigenvalue weighted by Gasteiger charge is 2.21. The van der Waals surface area contributed by atoms with E-state index < -0.39 is 6.04 Å². The molecule has 2 rings (SSSR count). The summed E-state index contributed by atoms with van der Waals surface area (Å²) in [5.41, 5.74) is 2.65. The molecule has 1 unspecified atom stereocenters. The molecule has 2 aromatic rings. The van der Waals surface area contributed by atoms with Gasteiger partial charge in [-0.05, 0) is 23.3 Å². The number of likely N-dealkylation sites (N-methyl/N-ethyl adjacent to an activating group) is 1. The molecule has 23 heavy (non-hydrogen) atoms. The third-order valence-corrected chi connectivity index (χ3v) is 3.85.